The van der Waals surface area contributed by atoms with E-state index >= 15 is 0 Å². The predicted octanol–water partition coefficient (Wildman–Crippen LogP) is 5.12. The second kappa shape index (κ2) is 8.90. The zero-order valence-electron chi connectivity index (χ0n) is 15.7. The third kappa shape index (κ3) is 4.67. The summed E-state index contributed by atoms with van der Waals surface area (Å²) >= 11 is 0. The van der Waals surface area contributed by atoms with Crippen LogP contribution in [0.15, 0.2) is 72.8 Å². The molecule has 4 nitrogen and oxygen atoms in total. The molecule has 0 aliphatic carbocycles. The summed E-state index contributed by atoms with van der Waals surface area (Å²) in [6.07, 6.45) is 0.925. The molecule has 0 aromatic heterocycles. The Kier molecular flexibility index (Phi) is 6.10. The Balaban J connectivity index is 1.79. The van der Waals surface area contributed by atoms with Crippen molar-refractivity contribution in [2.75, 3.05) is 17.7 Å². The van der Waals surface area contributed by atoms with Gasteiger partial charge in [-0.2, -0.15) is 0 Å². The highest BCUT2D eigenvalue weighted by molar-refractivity contribution is 6.08. The number of amides is 1. The zero-order valence-corrected chi connectivity index (χ0v) is 15.7. The van der Waals surface area contributed by atoms with Crippen LogP contribution in [0.5, 0.6) is 5.75 Å². The number of benzene rings is 3. The average Bonchev–Trinajstić information content (AvgIpc) is 2.72. The molecule has 0 aliphatic heterocycles. The normalized spacial score (nSPS) is 10.3. The van der Waals surface area contributed by atoms with Gasteiger partial charge in [0.05, 0.1) is 11.3 Å². The smallest absolute Gasteiger partial charge is 0.257 e. The summed E-state index contributed by atoms with van der Waals surface area (Å²) in [6.45, 7) is 2.53. The van der Waals surface area contributed by atoms with E-state index in [1.165, 1.54) is 5.56 Å². The fourth-order valence-electron chi connectivity index (χ4n) is 2.90. The molecule has 0 unspecified atom stereocenters. The molecule has 0 fully saturated rings. The summed E-state index contributed by atoms with van der Waals surface area (Å²) in [5.41, 5.74) is 4.27. The van der Waals surface area contributed by atoms with Gasteiger partial charge in [-0.05, 0) is 41.8 Å². The van der Waals surface area contributed by atoms with E-state index in [9.17, 15) is 4.79 Å². The molecule has 0 atom stereocenters. The summed E-state index contributed by atoms with van der Waals surface area (Å²) < 4.78 is 5.95. The molecule has 27 heavy (non-hydrogen) atoms. The summed E-state index contributed by atoms with van der Waals surface area (Å²) in [4.78, 5) is 12.8. The van der Waals surface area contributed by atoms with Gasteiger partial charge < -0.3 is 15.4 Å². The van der Waals surface area contributed by atoms with Crippen LogP contribution in [-0.2, 0) is 13.0 Å². The predicted molar refractivity (Wildman–Crippen MR) is 111 cm³/mol. The van der Waals surface area contributed by atoms with Gasteiger partial charge in [-0.1, -0.05) is 55.5 Å². The second-order valence-electron chi connectivity index (χ2n) is 6.21. The Bertz CT molecular complexity index is 907. The number of carbonyl (C=O) groups is 1. The first-order chi connectivity index (χ1) is 13.2. The van der Waals surface area contributed by atoms with Gasteiger partial charge in [-0.25, -0.2) is 0 Å². The van der Waals surface area contributed by atoms with Crippen molar-refractivity contribution < 1.29 is 9.53 Å². The monoisotopic (exact) mass is 360 g/mol. The largest absolute Gasteiger partial charge is 0.487 e. The molecule has 2 N–H and O–H groups in total. The van der Waals surface area contributed by atoms with Crippen molar-refractivity contribution in [3.63, 3.8) is 0 Å². The zero-order chi connectivity index (χ0) is 19.1. The van der Waals surface area contributed by atoms with Gasteiger partial charge in [0.1, 0.15) is 12.4 Å². The van der Waals surface area contributed by atoms with Gasteiger partial charge in [0, 0.05) is 12.7 Å². The highest BCUT2D eigenvalue weighted by Gasteiger charge is 2.15. The minimum Gasteiger partial charge on any atom is -0.487 e. The van der Waals surface area contributed by atoms with Gasteiger partial charge in [-0.3, -0.25) is 4.79 Å². The number of carbonyl (C=O) groups excluding carboxylic acids is 1. The molecule has 138 valence electrons. The lowest BCUT2D eigenvalue weighted by molar-refractivity contribution is 0.102. The molecule has 0 radical (unpaired) electrons. The van der Waals surface area contributed by atoms with E-state index in [0.29, 0.717) is 23.6 Å². The first kappa shape index (κ1) is 18.5. The SMILES string of the molecule is CCc1cccc(NC(=O)c2cccc(OCc3ccccc3)c2NC)c1. The summed E-state index contributed by atoms with van der Waals surface area (Å²) in [7, 11) is 1.79. The maximum Gasteiger partial charge on any atom is 0.257 e. The highest BCUT2D eigenvalue weighted by Crippen LogP contribution is 2.29. The van der Waals surface area contributed by atoms with Crippen molar-refractivity contribution in [2.24, 2.45) is 0 Å². The van der Waals surface area contributed by atoms with Crippen LogP contribution in [0, 0.1) is 0 Å². The third-order valence-electron chi connectivity index (χ3n) is 4.35. The number of ether oxygens (including phenoxy) is 1. The number of para-hydroxylation sites is 1. The van der Waals surface area contributed by atoms with Gasteiger partial charge in [0.2, 0.25) is 0 Å². The fourth-order valence-corrected chi connectivity index (χ4v) is 2.90. The topological polar surface area (TPSA) is 50.4 Å². The molecular formula is C23H24N2O2. The highest BCUT2D eigenvalue weighted by atomic mass is 16.5. The Hall–Kier alpha value is -3.27. The van der Waals surface area contributed by atoms with Gasteiger partial charge >= 0.3 is 0 Å². The minimum atomic E-state index is -0.169. The Labute approximate surface area is 160 Å². The second-order valence-corrected chi connectivity index (χ2v) is 6.21. The molecule has 3 rings (SSSR count). The first-order valence-corrected chi connectivity index (χ1v) is 9.09. The van der Waals surface area contributed by atoms with E-state index in [1.807, 2.05) is 66.7 Å². The standard InChI is InChI=1S/C23H24N2O2/c1-3-17-11-7-12-19(15-17)25-23(26)20-13-8-14-21(22(20)24-2)27-16-18-9-5-4-6-10-18/h4-15,24H,3,16H2,1-2H3,(H,25,26). The van der Waals surface area contributed by atoms with Crippen LogP contribution in [0.3, 0.4) is 0 Å². The third-order valence-corrected chi connectivity index (χ3v) is 4.35. The molecule has 1 amide bonds. The number of anilines is 2. The number of rotatable bonds is 7. The van der Waals surface area contributed by atoms with Crippen LogP contribution < -0.4 is 15.4 Å². The lowest BCUT2D eigenvalue weighted by atomic mass is 10.1. The van der Waals surface area contributed by atoms with E-state index in [1.54, 1.807) is 13.1 Å². The molecule has 0 aliphatic rings. The average molecular weight is 360 g/mol. The van der Waals surface area contributed by atoms with Crippen molar-refractivity contribution in [2.45, 2.75) is 20.0 Å². The van der Waals surface area contributed by atoms with Crippen molar-refractivity contribution >= 4 is 17.3 Å². The molecule has 3 aromatic carbocycles. The Morgan fingerprint density at radius 2 is 1.67 bits per heavy atom. The van der Waals surface area contributed by atoms with E-state index in [2.05, 4.69) is 17.6 Å². The minimum absolute atomic E-state index is 0.169. The molecule has 0 bridgehead atoms. The molecule has 4 heteroatoms. The summed E-state index contributed by atoms with van der Waals surface area (Å²) in [5.74, 6) is 0.481. The van der Waals surface area contributed by atoms with Crippen LogP contribution in [0.1, 0.15) is 28.4 Å². The Morgan fingerprint density at radius 1 is 0.926 bits per heavy atom. The van der Waals surface area contributed by atoms with Crippen molar-refractivity contribution in [3.8, 4) is 5.75 Å². The molecule has 0 heterocycles. The van der Waals surface area contributed by atoms with Crippen molar-refractivity contribution in [3.05, 3.63) is 89.5 Å². The maximum atomic E-state index is 12.8. The van der Waals surface area contributed by atoms with Crippen LogP contribution in [0.4, 0.5) is 11.4 Å². The molecule has 0 saturated carbocycles. The first-order valence-electron chi connectivity index (χ1n) is 9.09. The lowest BCUT2D eigenvalue weighted by Gasteiger charge is -2.15. The summed E-state index contributed by atoms with van der Waals surface area (Å²) in [6, 6.07) is 23.3. The van der Waals surface area contributed by atoms with E-state index in [-0.39, 0.29) is 5.91 Å². The number of nitrogens with one attached hydrogen (secondary N) is 2. The molecule has 3 aromatic rings. The van der Waals surface area contributed by atoms with Gasteiger partial charge in [-0.15, -0.1) is 0 Å². The fraction of sp³-hybridized carbons (Fsp3) is 0.174. The van der Waals surface area contributed by atoms with E-state index in [4.69, 9.17) is 4.74 Å². The van der Waals surface area contributed by atoms with Crippen molar-refractivity contribution in [1.82, 2.24) is 0 Å². The van der Waals surface area contributed by atoms with Crippen LogP contribution in [-0.4, -0.2) is 13.0 Å². The van der Waals surface area contributed by atoms with E-state index < -0.39 is 0 Å². The number of hydrogen-bond donors (Lipinski definition) is 2. The van der Waals surface area contributed by atoms with Crippen molar-refractivity contribution in [1.29, 1.82) is 0 Å². The van der Waals surface area contributed by atoms with Gasteiger partial charge in [0.25, 0.3) is 5.91 Å². The molecular weight excluding hydrogens is 336 g/mol. The summed E-state index contributed by atoms with van der Waals surface area (Å²) in [5, 5.41) is 6.08. The maximum absolute atomic E-state index is 12.8. The molecule has 0 spiro atoms. The van der Waals surface area contributed by atoms with Gasteiger partial charge in [0.15, 0.2) is 0 Å². The van der Waals surface area contributed by atoms with Crippen LogP contribution in [0.2, 0.25) is 0 Å². The molecule has 0 saturated heterocycles. The van der Waals surface area contributed by atoms with E-state index in [0.717, 1.165) is 17.7 Å². The quantitative estimate of drug-likeness (QED) is 0.615. The van der Waals surface area contributed by atoms with Crippen LogP contribution >= 0.6 is 0 Å². The lowest BCUT2D eigenvalue weighted by Crippen LogP contribution is -2.15. The van der Waals surface area contributed by atoms with Crippen LogP contribution in [0.25, 0.3) is 0 Å². The number of hydrogen-bond acceptors (Lipinski definition) is 3. The number of aryl methyl sites for hydroxylation is 1. The Morgan fingerprint density at radius 3 is 2.41 bits per heavy atom.